The molecule has 0 aliphatic carbocycles. The first kappa shape index (κ1) is 12.4. The number of nitriles is 1. The van der Waals surface area contributed by atoms with Crippen LogP contribution in [0, 0.1) is 11.3 Å². The van der Waals surface area contributed by atoms with Crippen LogP contribution in [-0.2, 0) is 6.42 Å². The summed E-state index contributed by atoms with van der Waals surface area (Å²) in [5.41, 5.74) is 3.39. The highest BCUT2D eigenvalue weighted by atomic mass is 16.2. The van der Waals surface area contributed by atoms with Gasteiger partial charge in [0.25, 0.3) is 5.91 Å². The van der Waals surface area contributed by atoms with Gasteiger partial charge in [0.1, 0.15) is 0 Å². The van der Waals surface area contributed by atoms with Gasteiger partial charge in [0, 0.05) is 17.3 Å². The van der Waals surface area contributed by atoms with Crippen LogP contribution in [-0.4, -0.2) is 11.9 Å². The monoisotopic (exact) mass is 262 g/mol. The van der Waals surface area contributed by atoms with E-state index in [1.54, 1.807) is 24.3 Å². The Morgan fingerprint density at radius 3 is 2.60 bits per heavy atom. The average molecular weight is 262 g/mol. The van der Waals surface area contributed by atoms with Crippen molar-refractivity contribution in [2.24, 2.45) is 0 Å². The molecule has 3 nitrogen and oxygen atoms in total. The molecule has 0 spiro atoms. The molecule has 0 fully saturated rings. The number of benzene rings is 2. The quantitative estimate of drug-likeness (QED) is 0.792. The molecule has 2 aromatic rings. The minimum atomic E-state index is -0.00746. The van der Waals surface area contributed by atoms with Crippen LogP contribution < -0.4 is 4.90 Å². The van der Waals surface area contributed by atoms with Crippen LogP contribution in [0.5, 0.6) is 0 Å². The van der Waals surface area contributed by atoms with Crippen LogP contribution >= 0.6 is 0 Å². The van der Waals surface area contributed by atoms with E-state index >= 15 is 0 Å². The topological polar surface area (TPSA) is 44.1 Å². The lowest BCUT2D eigenvalue weighted by atomic mass is 10.1. The van der Waals surface area contributed by atoms with Crippen molar-refractivity contribution >= 4 is 11.6 Å². The van der Waals surface area contributed by atoms with Crippen molar-refractivity contribution in [2.75, 3.05) is 4.90 Å². The Balaban J connectivity index is 1.96. The van der Waals surface area contributed by atoms with Crippen molar-refractivity contribution < 1.29 is 4.79 Å². The largest absolute Gasteiger partial charge is 0.305 e. The zero-order chi connectivity index (χ0) is 14.1. The lowest BCUT2D eigenvalue weighted by Gasteiger charge is -2.22. The van der Waals surface area contributed by atoms with Gasteiger partial charge in [0.05, 0.1) is 11.6 Å². The summed E-state index contributed by atoms with van der Waals surface area (Å²) in [4.78, 5) is 14.5. The fourth-order valence-electron chi connectivity index (χ4n) is 2.70. The van der Waals surface area contributed by atoms with Crippen molar-refractivity contribution in [3.05, 3.63) is 65.2 Å². The van der Waals surface area contributed by atoms with Crippen LogP contribution in [0.15, 0.2) is 48.5 Å². The maximum Gasteiger partial charge on any atom is 0.258 e. The van der Waals surface area contributed by atoms with Crippen LogP contribution in [0.1, 0.15) is 28.4 Å². The first-order valence-electron chi connectivity index (χ1n) is 6.62. The second-order valence-corrected chi connectivity index (χ2v) is 5.05. The summed E-state index contributed by atoms with van der Waals surface area (Å²) in [6.07, 6.45) is 0.887. The predicted octanol–water partition coefficient (Wildman–Crippen LogP) is 3.15. The Hall–Kier alpha value is -2.60. The summed E-state index contributed by atoms with van der Waals surface area (Å²) in [7, 11) is 0. The number of hydrogen-bond donors (Lipinski definition) is 0. The number of carbonyl (C=O) groups excluding carboxylic acids is 1. The first-order valence-corrected chi connectivity index (χ1v) is 6.62. The zero-order valence-electron chi connectivity index (χ0n) is 11.2. The van der Waals surface area contributed by atoms with Crippen LogP contribution in [0.2, 0.25) is 0 Å². The number of hydrogen-bond acceptors (Lipinski definition) is 2. The molecule has 3 heteroatoms. The normalized spacial score (nSPS) is 16.6. The summed E-state index contributed by atoms with van der Waals surface area (Å²) in [5, 5.41) is 8.81. The van der Waals surface area contributed by atoms with E-state index in [0.717, 1.165) is 12.1 Å². The van der Waals surface area contributed by atoms with Gasteiger partial charge in [0.15, 0.2) is 0 Å². The Morgan fingerprint density at radius 1 is 1.20 bits per heavy atom. The lowest BCUT2D eigenvalue weighted by molar-refractivity contribution is 0.0981. The van der Waals surface area contributed by atoms with E-state index in [1.807, 2.05) is 23.1 Å². The third-order valence-corrected chi connectivity index (χ3v) is 3.69. The zero-order valence-corrected chi connectivity index (χ0v) is 11.2. The van der Waals surface area contributed by atoms with E-state index in [1.165, 1.54) is 5.56 Å². The number of rotatable bonds is 1. The molecule has 1 heterocycles. The van der Waals surface area contributed by atoms with E-state index in [-0.39, 0.29) is 11.9 Å². The van der Waals surface area contributed by atoms with Gasteiger partial charge in [-0.15, -0.1) is 0 Å². The maximum absolute atomic E-state index is 12.7. The molecule has 0 N–H and O–H groups in total. The van der Waals surface area contributed by atoms with Crippen molar-refractivity contribution in [3.8, 4) is 6.07 Å². The number of fused-ring (bicyclic) bond motifs is 1. The fraction of sp³-hybridized carbons (Fsp3) is 0.176. The van der Waals surface area contributed by atoms with Gasteiger partial charge in [-0.3, -0.25) is 4.79 Å². The average Bonchev–Trinajstić information content (AvgIpc) is 2.82. The van der Waals surface area contributed by atoms with Crippen molar-refractivity contribution in [2.45, 2.75) is 19.4 Å². The molecular weight excluding hydrogens is 248 g/mol. The summed E-state index contributed by atoms with van der Waals surface area (Å²) >= 11 is 0. The van der Waals surface area contributed by atoms with Crippen molar-refractivity contribution in [1.29, 1.82) is 5.26 Å². The molecule has 3 rings (SSSR count). The Labute approximate surface area is 118 Å². The van der Waals surface area contributed by atoms with E-state index in [0.29, 0.717) is 11.1 Å². The Bertz CT molecular complexity index is 698. The number of amides is 1. The summed E-state index contributed by atoms with van der Waals surface area (Å²) < 4.78 is 0. The molecule has 2 aromatic carbocycles. The van der Waals surface area contributed by atoms with Gasteiger partial charge in [-0.25, -0.2) is 0 Å². The van der Waals surface area contributed by atoms with Gasteiger partial charge in [-0.1, -0.05) is 18.2 Å². The molecule has 1 amide bonds. The summed E-state index contributed by atoms with van der Waals surface area (Å²) in [5.74, 6) is -0.00746. The van der Waals surface area contributed by atoms with E-state index in [9.17, 15) is 4.79 Å². The lowest BCUT2D eigenvalue weighted by Crippen LogP contribution is -2.35. The maximum atomic E-state index is 12.7. The number of anilines is 1. The smallest absolute Gasteiger partial charge is 0.258 e. The molecule has 0 saturated heterocycles. The van der Waals surface area contributed by atoms with E-state index < -0.39 is 0 Å². The van der Waals surface area contributed by atoms with Crippen LogP contribution in [0.4, 0.5) is 5.69 Å². The van der Waals surface area contributed by atoms with Gasteiger partial charge in [-0.05, 0) is 49.2 Å². The van der Waals surface area contributed by atoms with Gasteiger partial charge < -0.3 is 4.90 Å². The summed E-state index contributed by atoms with van der Waals surface area (Å²) in [6, 6.07) is 17.0. The van der Waals surface area contributed by atoms with Gasteiger partial charge in [0.2, 0.25) is 0 Å². The minimum Gasteiger partial charge on any atom is -0.305 e. The SMILES string of the molecule is CC1Cc2ccccc2N1C(=O)c1ccc(C#N)cc1. The second kappa shape index (κ2) is 4.82. The number of nitrogens with zero attached hydrogens (tertiary/aromatic N) is 2. The highest BCUT2D eigenvalue weighted by Gasteiger charge is 2.30. The van der Waals surface area contributed by atoms with Gasteiger partial charge in [-0.2, -0.15) is 5.26 Å². The minimum absolute atomic E-state index is 0.00746. The summed E-state index contributed by atoms with van der Waals surface area (Å²) in [6.45, 7) is 2.06. The molecule has 1 atom stereocenters. The molecule has 20 heavy (non-hydrogen) atoms. The molecule has 1 aliphatic heterocycles. The molecule has 0 radical (unpaired) electrons. The highest BCUT2D eigenvalue weighted by molar-refractivity contribution is 6.07. The molecule has 0 aromatic heterocycles. The fourth-order valence-corrected chi connectivity index (χ4v) is 2.70. The molecule has 0 saturated carbocycles. The van der Waals surface area contributed by atoms with E-state index in [4.69, 9.17) is 5.26 Å². The van der Waals surface area contributed by atoms with Crippen LogP contribution in [0.3, 0.4) is 0 Å². The van der Waals surface area contributed by atoms with Gasteiger partial charge >= 0.3 is 0 Å². The standard InChI is InChI=1S/C17H14N2O/c1-12-10-15-4-2-3-5-16(15)19(12)17(20)14-8-6-13(11-18)7-9-14/h2-9,12H,10H2,1H3. The van der Waals surface area contributed by atoms with E-state index in [2.05, 4.69) is 19.1 Å². The molecule has 1 aliphatic rings. The van der Waals surface area contributed by atoms with Crippen LogP contribution in [0.25, 0.3) is 0 Å². The Morgan fingerprint density at radius 2 is 1.90 bits per heavy atom. The number of para-hydroxylation sites is 1. The first-order chi connectivity index (χ1) is 9.70. The molecule has 1 unspecified atom stereocenters. The molecule has 98 valence electrons. The number of carbonyl (C=O) groups is 1. The van der Waals surface area contributed by atoms with Crippen molar-refractivity contribution in [1.82, 2.24) is 0 Å². The predicted molar refractivity (Wildman–Crippen MR) is 77.6 cm³/mol. The third-order valence-electron chi connectivity index (χ3n) is 3.69. The third kappa shape index (κ3) is 1.96. The second-order valence-electron chi connectivity index (χ2n) is 5.05. The Kier molecular flexibility index (Phi) is 3.00. The highest BCUT2D eigenvalue weighted by Crippen LogP contribution is 2.32. The van der Waals surface area contributed by atoms with Crippen molar-refractivity contribution in [3.63, 3.8) is 0 Å². The molecule has 0 bridgehead atoms. The molecular formula is C17H14N2O.